The molecule has 0 saturated carbocycles. The van der Waals surface area contributed by atoms with E-state index in [1.165, 1.54) is 18.2 Å². The first kappa shape index (κ1) is 18.2. The Labute approximate surface area is 160 Å². The van der Waals surface area contributed by atoms with Crippen molar-refractivity contribution in [3.05, 3.63) is 93.7 Å². The lowest BCUT2D eigenvalue weighted by Gasteiger charge is -2.09. The summed E-state index contributed by atoms with van der Waals surface area (Å²) in [6, 6.07) is 17.7. The largest absolute Gasteiger partial charge is 0.489 e. The van der Waals surface area contributed by atoms with Crippen molar-refractivity contribution >= 4 is 34.8 Å². The van der Waals surface area contributed by atoms with Gasteiger partial charge in [0.05, 0.1) is 10.0 Å². The van der Waals surface area contributed by atoms with Gasteiger partial charge in [-0.2, -0.15) is 0 Å². The molecule has 1 amide bonds. The summed E-state index contributed by atoms with van der Waals surface area (Å²) in [4.78, 5) is 12.3. The Kier molecular flexibility index (Phi) is 5.76. The zero-order valence-corrected chi connectivity index (χ0v) is 15.0. The molecule has 0 fully saturated rings. The number of rotatable bonds is 5. The number of nitrogens with one attached hydrogen (secondary N) is 1. The van der Waals surface area contributed by atoms with Gasteiger partial charge in [-0.15, -0.1) is 0 Å². The maximum absolute atomic E-state index is 13.2. The summed E-state index contributed by atoms with van der Waals surface area (Å²) in [6.07, 6.45) is 0. The number of benzene rings is 3. The number of amides is 1. The number of ether oxygens (including phenoxy) is 1. The van der Waals surface area contributed by atoms with Gasteiger partial charge in [-0.3, -0.25) is 4.79 Å². The van der Waals surface area contributed by atoms with Gasteiger partial charge in [0.2, 0.25) is 0 Å². The average molecular weight is 390 g/mol. The lowest BCUT2D eigenvalue weighted by molar-refractivity contribution is 0.102. The summed E-state index contributed by atoms with van der Waals surface area (Å²) in [5, 5.41) is 3.58. The highest BCUT2D eigenvalue weighted by Gasteiger charge is 2.08. The molecule has 0 aliphatic carbocycles. The van der Waals surface area contributed by atoms with E-state index in [1.54, 1.807) is 42.5 Å². The number of hydrogen-bond donors (Lipinski definition) is 1. The van der Waals surface area contributed by atoms with Crippen molar-refractivity contribution in [2.24, 2.45) is 0 Å². The topological polar surface area (TPSA) is 38.3 Å². The van der Waals surface area contributed by atoms with Crippen LogP contribution >= 0.6 is 23.2 Å². The Hall–Kier alpha value is -2.56. The maximum Gasteiger partial charge on any atom is 0.255 e. The molecule has 0 bridgehead atoms. The van der Waals surface area contributed by atoms with Crippen molar-refractivity contribution in [2.45, 2.75) is 6.61 Å². The van der Waals surface area contributed by atoms with E-state index in [2.05, 4.69) is 5.32 Å². The molecule has 0 saturated heterocycles. The molecule has 0 aliphatic heterocycles. The normalized spacial score (nSPS) is 10.4. The molecule has 3 rings (SSSR count). The highest BCUT2D eigenvalue weighted by Crippen LogP contribution is 2.24. The minimum atomic E-state index is -0.415. The van der Waals surface area contributed by atoms with E-state index in [9.17, 15) is 9.18 Å². The second-order valence-electron chi connectivity index (χ2n) is 5.53. The summed E-state index contributed by atoms with van der Waals surface area (Å²) in [5.74, 6) is -0.236. The lowest BCUT2D eigenvalue weighted by Crippen LogP contribution is -2.12. The van der Waals surface area contributed by atoms with Crippen LogP contribution in [0.4, 0.5) is 10.1 Å². The predicted octanol–water partition coefficient (Wildman–Crippen LogP) is 5.96. The van der Waals surface area contributed by atoms with E-state index in [1.807, 2.05) is 6.07 Å². The third-order valence-corrected chi connectivity index (χ3v) is 4.31. The molecular formula is C20H14Cl2FNO2. The molecule has 0 aromatic heterocycles. The molecule has 6 heteroatoms. The van der Waals surface area contributed by atoms with E-state index < -0.39 is 5.82 Å². The quantitative estimate of drug-likeness (QED) is 0.584. The van der Waals surface area contributed by atoms with Gasteiger partial charge in [-0.1, -0.05) is 41.4 Å². The standard InChI is InChI=1S/C20H14Cl2FNO2/c21-18-8-7-13(9-19(18)22)12-26-17-6-1-3-14(10-17)20(25)24-16-5-2-4-15(23)11-16/h1-11H,12H2,(H,24,25). The van der Waals surface area contributed by atoms with Gasteiger partial charge in [0.15, 0.2) is 0 Å². The summed E-state index contributed by atoms with van der Waals surface area (Å²) in [5.41, 5.74) is 1.65. The fourth-order valence-corrected chi connectivity index (χ4v) is 2.61. The highest BCUT2D eigenvalue weighted by atomic mass is 35.5. The van der Waals surface area contributed by atoms with Crippen molar-refractivity contribution in [3.8, 4) is 5.75 Å². The first-order chi connectivity index (χ1) is 12.5. The van der Waals surface area contributed by atoms with E-state index in [0.717, 1.165) is 5.56 Å². The Morgan fingerprint density at radius 1 is 0.962 bits per heavy atom. The van der Waals surface area contributed by atoms with Gasteiger partial charge < -0.3 is 10.1 Å². The van der Waals surface area contributed by atoms with Crippen molar-refractivity contribution < 1.29 is 13.9 Å². The van der Waals surface area contributed by atoms with Crippen LogP contribution in [0.2, 0.25) is 10.0 Å². The number of anilines is 1. The van der Waals surface area contributed by atoms with E-state index in [0.29, 0.717) is 27.0 Å². The third kappa shape index (κ3) is 4.75. The Morgan fingerprint density at radius 2 is 1.77 bits per heavy atom. The predicted molar refractivity (Wildman–Crippen MR) is 102 cm³/mol. The Balaban J connectivity index is 1.67. The van der Waals surface area contributed by atoms with Gasteiger partial charge >= 0.3 is 0 Å². The summed E-state index contributed by atoms with van der Waals surface area (Å²) in [7, 11) is 0. The average Bonchev–Trinajstić information content (AvgIpc) is 2.63. The minimum absolute atomic E-state index is 0.284. The van der Waals surface area contributed by atoms with Crippen molar-refractivity contribution in [3.63, 3.8) is 0 Å². The van der Waals surface area contributed by atoms with Crippen LogP contribution < -0.4 is 10.1 Å². The first-order valence-corrected chi connectivity index (χ1v) is 8.50. The first-order valence-electron chi connectivity index (χ1n) is 7.75. The van der Waals surface area contributed by atoms with Crippen molar-refractivity contribution in [1.82, 2.24) is 0 Å². The lowest BCUT2D eigenvalue weighted by atomic mass is 10.2. The smallest absolute Gasteiger partial charge is 0.255 e. The van der Waals surface area contributed by atoms with Crippen LogP contribution in [0.3, 0.4) is 0 Å². The molecule has 0 spiro atoms. The van der Waals surface area contributed by atoms with Gasteiger partial charge in [-0.25, -0.2) is 4.39 Å². The zero-order chi connectivity index (χ0) is 18.5. The molecule has 1 N–H and O–H groups in total. The number of carbonyl (C=O) groups excluding carboxylic acids is 1. The zero-order valence-electron chi connectivity index (χ0n) is 13.5. The summed E-state index contributed by atoms with van der Waals surface area (Å²) in [6.45, 7) is 0.284. The molecule has 0 unspecified atom stereocenters. The maximum atomic E-state index is 13.2. The van der Waals surface area contributed by atoms with Crippen LogP contribution in [0.25, 0.3) is 0 Å². The summed E-state index contributed by atoms with van der Waals surface area (Å²) < 4.78 is 18.9. The SMILES string of the molecule is O=C(Nc1cccc(F)c1)c1cccc(OCc2ccc(Cl)c(Cl)c2)c1. The van der Waals surface area contributed by atoms with Crippen molar-refractivity contribution in [2.75, 3.05) is 5.32 Å². The molecule has 3 nitrogen and oxygen atoms in total. The molecule has 3 aromatic carbocycles. The molecule has 0 radical (unpaired) electrons. The molecule has 0 atom stereocenters. The van der Waals surface area contributed by atoms with Gasteiger partial charge in [0.25, 0.3) is 5.91 Å². The molecule has 0 heterocycles. The van der Waals surface area contributed by atoms with Crippen LogP contribution in [0.1, 0.15) is 15.9 Å². The van der Waals surface area contributed by atoms with E-state index >= 15 is 0 Å². The van der Waals surface area contributed by atoms with Crippen LogP contribution in [0, 0.1) is 5.82 Å². The Morgan fingerprint density at radius 3 is 2.54 bits per heavy atom. The second-order valence-corrected chi connectivity index (χ2v) is 6.34. The molecule has 132 valence electrons. The highest BCUT2D eigenvalue weighted by molar-refractivity contribution is 6.42. The molecule has 3 aromatic rings. The second kappa shape index (κ2) is 8.21. The van der Waals surface area contributed by atoms with Gasteiger partial charge in [-0.05, 0) is 54.1 Å². The van der Waals surface area contributed by atoms with Gasteiger partial charge in [0.1, 0.15) is 18.2 Å². The molecule has 26 heavy (non-hydrogen) atoms. The fourth-order valence-electron chi connectivity index (χ4n) is 2.29. The third-order valence-electron chi connectivity index (χ3n) is 3.57. The molecule has 0 aliphatic rings. The minimum Gasteiger partial charge on any atom is -0.489 e. The summed E-state index contributed by atoms with van der Waals surface area (Å²) >= 11 is 11.9. The number of halogens is 3. The Bertz CT molecular complexity index is 947. The van der Waals surface area contributed by atoms with Gasteiger partial charge in [0, 0.05) is 11.3 Å². The monoisotopic (exact) mass is 389 g/mol. The fraction of sp³-hybridized carbons (Fsp3) is 0.0500. The van der Waals surface area contributed by atoms with E-state index in [4.69, 9.17) is 27.9 Å². The van der Waals surface area contributed by atoms with Crippen LogP contribution in [0.15, 0.2) is 66.7 Å². The van der Waals surface area contributed by atoms with E-state index in [-0.39, 0.29) is 12.5 Å². The van der Waals surface area contributed by atoms with Crippen LogP contribution in [-0.4, -0.2) is 5.91 Å². The number of carbonyl (C=O) groups is 1. The molecular weight excluding hydrogens is 376 g/mol. The van der Waals surface area contributed by atoms with Crippen LogP contribution in [-0.2, 0) is 6.61 Å². The number of hydrogen-bond acceptors (Lipinski definition) is 2. The van der Waals surface area contributed by atoms with Crippen molar-refractivity contribution in [1.29, 1.82) is 0 Å². The van der Waals surface area contributed by atoms with Crippen LogP contribution in [0.5, 0.6) is 5.75 Å².